The van der Waals surface area contributed by atoms with Gasteiger partial charge in [0, 0.05) is 22.5 Å². The van der Waals surface area contributed by atoms with E-state index >= 15 is 0 Å². The van der Waals surface area contributed by atoms with Crippen molar-refractivity contribution in [1.29, 1.82) is 0 Å². The predicted octanol–water partition coefficient (Wildman–Crippen LogP) is 4.22. The van der Waals surface area contributed by atoms with Gasteiger partial charge in [0.05, 0.1) is 11.3 Å². The molecule has 25 heavy (non-hydrogen) atoms. The molecule has 0 bridgehead atoms. The molecule has 1 saturated heterocycles. The molecule has 5 nitrogen and oxygen atoms in total. The summed E-state index contributed by atoms with van der Waals surface area (Å²) < 4.78 is 0. The third-order valence-corrected chi connectivity index (χ3v) is 5.20. The average Bonchev–Trinajstić information content (AvgIpc) is 3.10. The summed E-state index contributed by atoms with van der Waals surface area (Å²) in [4.78, 5) is 24.7. The van der Waals surface area contributed by atoms with Crippen LogP contribution in [0.5, 0.6) is 0 Å². The van der Waals surface area contributed by atoms with Crippen molar-refractivity contribution < 1.29 is 9.59 Å². The molecular weight excluding hydrogens is 358 g/mol. The number of benzene rings is 2. The maximum absolute atomic E-state index is 12.5. The lowest BCUT2D eigenvalue weighted by Crippen LogP contribution is -2.35. The van der Waals surface area contributed by atoms with Gasteiger partial charge < -0.3 is 16.0 Å². The molecule has 0 aliphatic carbocycles. The quantitative estimate of drug-likeness (QED) is 0.749. The lowest BCUT2D eigenvalue weighted by Gasteiger charge is -2.15. The molecule has 7 heteroatoms. The van der Waals surface area contributed by atoms with Crippen LogP contribution in [0.1, 0.15) is 16.8 Å². The number of rotatable bonds is 4. The van der Waals surface area contributed by atoms with Crippen LogP contribution in [-0.2, 0) is 0 Å². The fourth-order valence-corrected chi connectivity index (χ4v) is 3.80. The number of halogens is 1. The van der Waals surface area contributed by atoms with Crippen molar-refractivity contribution >= 4 is 46.7 Å². The summed E-state index contributed by atoms with van der Waals surface area (Å²) in [6.45, 7) is 0. The Morgan fingerprint density at radius 1 is 1.04 bits per heavy atom. The van der Waals surface area contributed by atoms with Crippen LogP contribution in [0.2, 0.25) is 5.02 Å². The monoisotopic (exact) mass is 375 g/mol. The molecule has 0 radical (unpaired) electrons. The van der Waals surface area contributed by atoms with E-state index in [1.807, 2.05) is 11.8 Å². The molecule has 2 aromatic rings. The normalized spacial score (nSPS) is 16.3. The highest BCUT2D eigenvalue weighted by Crippen LogP contribution is 2.20. The van der Waals surface area contributed by atoms with Crippen molar-refractivity contribution in [2.45, 2.75) is 12.5 Å². The topological polar surface area (TPSA) is 70.2 Å². The van der Waals surface area contributed by atoms with E-state index in [1.165, 1.54) is 0 Å². The number of para-hydroxylation sites is 1. The van der Waals surface area contributed by atoms with Gasteiger partial charge in [0.1, 0.15) is 0 Å². The van der Waals surface area contributed by atoms with Gasteiger partial charge in [-0.05, 0) is 48.6 Å². The van der Waals surface area contributed by atoms with E-state index in [-0.39, 0.29) is 11.9 Å². The molecule has 0 saturated carbocycles. The fraction of sp³-hybridized carbons (Fsp3) is 0.222. The Hall–Kier alpha value is -2.18. The number of hydrogen-bond acceptors (Lipinski definition) is 3. The molecule has 1 aliphatic rings. The first-order chi connectivity index (χ1) is 12.1. The number of anilines is 2. The number of urea groups is 1. The summed E-state index contributed by atoms with van der Waals surface area (Å²) in [5, 5.41) is 9.06. The zero-order valence-electron chi connectivity index (χ0n) is 13.4. The summed E-state index contributed by atoms with van der Waals surface area (Å²) in [5.41, 5.74) is 1.54. The third kappa shape index (κ3) is 4.90. The Morgan fingerprint density at radius 2 is 1.80 bits per heavy atom. The van der Waals surface area contributed by atoms with Crippen molar-refractivity contribution in [3.63, 3.8) is 0 Å². The smallest absolute Gasteiger partial charge is 0.323 e. The van der Waals surface area contributed by atoms with Gasteiger partial charge in [-0.2, -0.15) is 11.8 Å². The van der Waals surface area contributed by atoms with E-state index in [2.05, 4.69) is 16.0 Å². The lowest BCUT2D eigenvalue weighted by molar-refractivity contribution is 0.0942. The number of amides is 3. The van der Waals surface area contributed by atoms with E-state index in [1.54, 1.807) is 48.5 Å². The summed E-state index contributed by atoms with van der Waals surface area (Å²) in [5.74, 6) is 1.82. The van der Waals surface area contributed by atoms with Crippen molar-refractivity contribution in [3.05, 3.63) is 59.1 Å². The Morgan fingerprint density at radius 3 is 2.52 bits per heavy atom. The van der Waals surface area contributed by atoms with Crippen LogP contribution in [0.25, 0.3) is 0 Å². The zero-order chi connectivity index (χ0) is 17.6. The first kappa shape index (κ1) is 17.6. The van der Waals surface area contributed by atoms with Crippen molar-refractivity contribution in [2.24, 2.45) is 0 Å². The average molecular weight is 376 g/mol. The van der Waals surface area contributed by atoms with Gasteiger partial charge in [-0.1, -0.05) is 23.7 Å². The summed E-state index contributed by atoms with van der Waals surface area (Å²) >= 11 is 7.66. The van der Waals surface area contributed by atoms with Crippen molar-refractivity contribution in [3.8, 4) is 0 Å². The number of nitrogens with one attached hydrogen (secondary N) is 3. The van der Waals surface area contributed by atoms with Crippen LogP contribution in [0.3, 0.4) is 0 Å². The molecule has 1 aliphatic heterocycles. The van der Waals surface area contributed by atoms with E-state index < -0.39 is 6.03 Å². The molecule has 0 aromatic heterocycles. The summed E-state index contributed by atoms with van der Waals surface area (Å²) in [6, 6.07) is 13.5. The second-order valence-corrected chi connectivity index (χ2v) is 7.25. The Labute approximate surface area is 155 Å². The van der Waals surface area contributed by atoms with Crippen LogP contribution in [0.15, 0.2) is 48.5 Å². The molecule has 0 unspecified atom stereocenters. The summed E-state index contributed by atoms with van der Waals surface area (Å²) in [7, 11) is 0. The maximum atomic E-state index is 12.5. The Balaban J connectivity index is 1.66. The largest absolute Gasteiger partial charge is 0.348 e. The summed E-state index contributed by atoms with van der Waals surface area (Å²) in [6.07, 6.45) is 0.975. The molecule has 2 aromatic carbocycles. The van der Waals surface area contributed by atoms with E-state index in [9.17, 15) is 9.59 Å². The van der Waals surface area contributed by atoms with Gasteiger partial charge in [0.2, 0.25) is 0 Å². The number of carbonyl (C=O) groups is 2. The second-order valence-electron chi connectivity index (χ2n) is 5.67. The zero-order valence-corrected chi connectivity index (χ0v) is 15.0. The minimum atomic E-state index is -0.418. The van der Waals surface area contributed by atoms with Gasteiger partial charge in [0.25, 0.3) is 5.91 Å². The SMILES string of the molecule is O=C(Nc1ccc(Cl)cc1)Nc1ccccc1C(=O)N[C@H]1CCSC1. The van der Waals surface area contributed by atoms with Gasteiger partial charge in [0.15, 0.2) is 0 Å². The molecule has 3 amide bonds. The highest BCUT2D eigenvalue weighted by Gasteiger charge is 2.20. The molecule has 1 atom stereocenters. The van der Waals surface area contributed by atoms with Gasteiger partial charge >= 0.3 is 6.03 Å². The lowest BCUT2D eigenvalue weighted by atomic mass is 10.1. The van der Waals surface area contributed by atoms with E-state index in [0.717, 1.165) is 17.9 Å². The highest BCUT2D eigenvalue weighted by atomic mass is 35.5. The van der Waals surface area contributed by atoms with Gasteiger partial charge in [-0.3, -0.25) is 4.79 Å². The van der Waals surface area contributed by atoms with Crippen molar-refractivity contribution in [1.82, 2.24) is 5.32 Å². The standard InChI is InChI=1S/C18H18ClN3O2S/c19-12-5-7-13(8-6-12)21-18(24)22-16-4-2-1-3-15(16)17(23)20-14-9-10-25-11-14/h1-8,14H,9-11H2,(H,20,23)(H2,21,22,24)/t14-/m0/s1. The maximum Gasteiger partial charge on any atom is 0.323 e. The molecular formula is C18H18ClN3O2S. The highest BCUT2D eigenvalue weighted by molar-refractivity contribution is 7.99. The van der Waals surface area contributed by atoms with Crippen LogP contribution in [0, 0.1) is 0 Å². The van der Waals surface area contributed by atoms with Gasteiger partial charge in [-0.15, -0.1) is 0 Å². The van der Waals surface area contributed by atoms with Crippen molar-refractivity contribution in [2.75, 3.05) is 22.1 Å². The van der Waals surface area contributed by atoms with Crippen LogP contribution >= 0.6 is 23.4 Å². The predicted molar refractivity (Wildman–Crippen MR) is 104 cm³/mol. The molecule has 1 fully saturated rings. The van der Waals surface area contributed by atoms with Crippen LogP contribution < -0.4 is 16.0 Å². The molecule has 3 rings (SSSR count). The minimum Gasteiger partial charge on any atom is -0.348 e. The molecule has 1 heterocycles. The first-order valence-corrected chi connectivity index (χ1v) is 9.46. The Bertz CT molecular complexity index is 761. The fourth-order valence-electron chi connectivity index (χ4n) is 2.52. The van der Waals surface area contributed by atoms with E-state index in [4.69, 9.17) is 11.6 Å². The van der Waals surface area contributed by atoms with Crippen LogP contribution in [0.4, 0.5) is 16.2 Å². The number of carbonyl (C=O) groups excluding carboxylic acids is 2. The van der Waals surface area contributed by atoms with E-state index in [0.29, 0.717) is 22.0 Å². The first-order valence-electron chi connectivity index (χ1n) is 7.93. The molecule has 130 valence electrons. The number of thioether (sulfide) groups is 1. The Kier molecular flexibility index (Phi) is 5.83. The molecule has 0 spiro atoms. The third-order valence-electron chi connectivity index (χ3n) is 3.79. The minimum absolute atomic E-state index is 0.171. The van der Waals surface area contributed by atoms with Gasteiger partial charge in [-0.25, -0.2) is 4.79 Å². The van der Waals surface area contributed by atoms with Crippen LogP contribution in [-0.4, -0.2) is 29.5 Å². The molecule has 3 N–H and O–H groups in total. The second kappa shape index (κ2) is 8.27. The number of hydrogen-bond donors (Lipinski definition) is 3.